The molecule has 20 heavy (non-hydrogen) atoms. The van der Waals surface area contributed by atoms with Crippen molar-refractivity contribution < 1.29 is 9.90 Å². The smallest absolute Gasteiger partial charge is 0.405 e. The number of nitrogens with one attached hydrogen (secondary N) is 1. The highest BCUT2D eigenvalue weighted by atomic mass is 16.4. The second-order valence-electron chi connectivity index (χ2n) is 6.08. The van der Waals surface area contributed by atoms with Gasteiger partial charge in [0.15, 0.2) is 0 Å². The Kier molecular flexibility index (Phi) is 4.65. The van der Waals surface area contributed by atoms with Crippen molar-refractivity contribution in [3.05, 3.63) is 18.2 Å². The van der Waals surface area contributed by atoms with Crippen molar-refractivity contribution >= 4 is 6.09 Å². The monoisotopic (exact) mass is 280 g/mol. The van der Waals surface area contributed by atoms with Crippen LogP contribution in [0.5, 0.6) is 0 Å². The van der Waals surface area contributed by atoms with Crippen LogP contribution < -0.4 is 5.32 Å². The Bertz CT molecular complexity index is 458. The fourth-order valence-corrected chi connectivity index (χ4v) is 2.83. The van der Waals surface area contributed by atoms with Crippen LogP contribution >= 0.6 is 0 Å². The number of rotatable bonds is 5. The molecule has 1 aromatic rings. The summed E-state index contributed by atoms with van der Waals surface area (Å²) in [7, 11) is 2.14. The van der Waals surface area contributed by atoms with E-state index in [1.807, 2.05) is 26.4 Å². The van der Waals surface area contributed by atoms with E-state index in [2.05, 4.69) is 26.8 Å². The van der Waals surface area contributed by atoms with E-state index in [0.29, 0.717) is 5.92 Å². The molecule has 6 nitrogen and oxygen atoms in total. The van der Waals surface area contributed by atoms with Crippen molar-refractivity contribution in [3.63, 3.8) is 0 Å². The number of hydrogen-bond donors (Lipinski definition) is 2. The standard InChI is InChI=1S/C14H24N4O2/c1-10(2)13(16-14(19)20)12-8-18(9-15-12)7-11-4-5-17(3)6-11/h8-11,13,16H,4-7H2,1-3H3,(H,19,20)/t11-,13?/m0/s1. The Morgan fingerprint density at radius 1 is 1.60 bits per heavy atom. The summed E-state index contributed by atoms with van der Waals surface area (Å²) in [4.78, 5) is 17.6. The summed E-state index contributed by atoms with van der Waals surface area (Å²) >= 11 is 0. The zero-order valence-electron chi connectivity index (χ0n) is 12.4. The lowest BCUT2D eigenvalue weighted by Gasteiger charge is -2.18. The molecular formula is C14H24N4O2. The van der Waals surface area contributed by atoms with Crippen LogP contribution in [0.15, 0.2) is 12.5 Å². The highest BCUT2D eigenvalue weighted by molar-refractivity contribution is 5.65. The maximum atomic E-state index is 10.9. The van der Waals surface area contributed by atoms with Crippen LogP contribution in [0.1, 0.15) is 32.0 Å². The molecule has 1 fully saturated rings. The summed E-state index contributed by atoms with van der Waals surface area (Å²) in [6, 6.07) is -0.250. The molecule has 0 spiro atoms. The summed E-state index contributed by atoms with van der Waals surface area (Å²) in [6.07, 6.45) is 3.99. The average Bonchev–Trinajstić information content (AvgIpc) is 2.96. The van der Waals surface area contributed by atoms with Crippen molar-refractivity contribution in [1.29, 1.82) is 0 Å². The van der Waals surface area contributed by atoms with Crippen LogP contribution in [0.3, 0.4) is 0 Å². The van der Waals surface area contributed by atoms with Gasteiger partial charge in [0, 0.05) is 19.3 Å². The Labute approximate surface area is 119 Å². The maximum absolute atomic E-state index is 10.9. The van der Waals surface area contributed by atoms with Crippen molar-refractivity contribution in [2.75, 3.05) is 20.1 Å². The molecule has 1 saturated heterocycles. The summed E-state index contributed by atoms with van der Waals surface area (Å²) in [5, 5.41) is 11.5. The number of carbonyl (C=O) groups is 1. The third kappa shape index (κ3) is 3.72. The van der Waals surface area contributed by atoms with Crippen LogP contribution in [0.25, 0.3) is 0 Å². The van der Waals surface area contributed by atoms with Crippen LogP contribution in [0, 0.1) is 11.8 Å². The normalized spacial score (nSPS) is 21.3. The lowest BCUT2D eigenvalue weighted by Crippen LogP contribution is -2.30. The van der Waals surface area contributed by atoms with Gasteiger partial charge in [0.1, 0.15) is 0 Å². The molecule has 2 atom stereocenters. The number of amides is 1. The van der Waals surface area contributed by atoms with E-state index in [9.17, 15) is 4.79 Å². The highest BCUT2D eigenvalue weighted by Crippen LogP contribution is 2.21. The van der Waals surface area contributed by atoms with Crippen molar-refractivity contribution in [2.24, 2.45) is 11.8 Å². The van der Waals surface area contributed by atoms with Gasteiger partial charge in [0.2, 0.25) is 0 Å². The SMILES string of the molecule is CC(C)C(NC(=O)O)c1cn(C[C@H]2CCN(C)C2)cn1. The summed E-state index contributed by atoms with van der Waals surface area (Å²) < 4.78 is 2.08. The van der Waals surface area contributed by atoms with E-state index in [0.717, 1.165) is 25.3 Å². The first-order valence-electron chi connectivity index (χ1n) is 7.15. The van der Waals surface area contributed by atoms with Crippen molar-refractivity contribution in [1.82, 2.24) is 19.8 Å². The molecule has 2 N–H and O–H groups in total. The Morgan fingerprint density at radius 2 is 2.35 bits per heavy atom. The first-order chi connectivity index (χ1) is 9.45. The molecule has 1 amide bonds. The molecule has 2 rings (SSSR count). The van der Waals surface area contributed by atoms with Gasteiger partial charge in [-0.15, -0.1) is 0 Å². The fraction of sp³-hybridized carbons (Fsp3) is 0.714. The van der Waals surface area contributed by atoms with E-state index in [-0.39, 0.29) is 12.0 Å². The number of likely N-dealkylation sites (tertiary alicyclic amines) is 1. The van der Waals surface area contributed by atoms with Gasteiger partial charge in [-0.1, -0.05) is 13.8 Å². The zero-order valence-corrected chi connectivity index (χ0v) is 12.4. The minimum absolute atomic E-state index is 0.173. The third-order valence-corrected chi connectivity index (χ3v) is 3.88. The topological polar surface area (TPSA) is 70.4 Å². The van der Waals surface area contributed by atoms with Gasteiger partial charge in [0.05, 0.1) is 18.1 Å². The van der Waals surface area contributed by atoms with Gasteiger partial charge >= 0.3 is 6.09 Å². The Morgan fingerprint density at radius 3 is 2.90 bits per heavy atom. The minimum atomic E-state index is -1.00. The second kappa shape index (κ2) is 6.26. The van der Waals surface area contributed by atoms with E-state index in [1.54, 1.807) is 0 Å². The van der Waals surface area contributed by atoms with E-state index in [4.69, 9.17) is 5.11 Å². The molecule has 1 aliphatic rings. The third-order valence-electron chi connectivity index (χ3n) is 3.88. The van der Waals surface area contributed by atoms with Gasteiger partial charge < -0.3 is 19.9 Å². The van der Waals surface area contributed by atoms with Gasteiger partial charge in [-0.25, -0.2) is 9.78 Å². The molecule has 1 aliphatic heterocycles. The number of hydrogen-bond acceptors (Lipinski definition) is 3. The number of aromatic nitrogens is 2. The molecule has 0 saturated carbocycles. The van der Waals surface area contributed by atoms with Gasteiger partial charge in [-0.05, 0) is 31.8 Å². The molecule has 1 unspecified atom stereocenters. The molecule has 1 aromatic heterocycles. The predicted molar refractivity (Wildman–Crippen MR) is 76.6 cm³/mol. The van der Waals surface area contributed by atoms with Crippen LogP contribution in [-0.4, -0.2) is 45.8 Å². The molecule has 0 radical (unpaired) electrons. The van der Waals surface area contributed by atoms with Gasteiger partial charge in [0.25, 0.3) is 0 Å². The molecule has 0 aromatic carbocycles. The summed E-state index contributed by atoms with van der Waals surface area (Å²) in [5.41, 5.74) is 0.800. The molecule has 112 valence electrons. The average molecular weight is 280 g/mol. The van der Waals surface area contributed by atoms with Crippen molar-refractivity contribution in [3.8, 4) is 0 Å². The minimum Gasteiger partial charge on any atom is -0.465 e. The Hall–Kier alpha value is -1.56. The summed E-state index contributed by atoms with van der Waals surface area (Å²) in [5.74, 6) is 0.832. The quantitative estimate of drug-likeness (QED) is 0.863. The predicted octanol–water partition coefficient (Wildman–Crippen LogP) is 1.80. The molecule has 2 heterocycles. The van der Waals surface area contributed by atoms with Crippen LogP contribution in [0.4, 0.5) is 4.79 Å². The van der Waals surface area contributed by atoms with E-state index < -0.39 is 6.09 Å². The second-order valence-corrected chi connectivity index (χ2v) is 6.08. The number of nitrogens with zero attached hydrogens (tertiary/aromatic N) is 3. The van der Waals surface area contributed by atoms with Gasteiger partial charge in [-0.3, -0.25) is 0 Å². The molecule has 0 aliphatic carbocycles. The molecular weight excluding hydrogens is 256 g/mol. The molecule has 6 heteroatoms. The Balaban J connectivity index is 2.01. The highest BCUT2D eigenvalue weighted by Gasteiger charge is 2.22. The number of imidazole rings is 1. The largest absolute Gasteiger partial charge is 0.465 e. The van der Waals surface area contributed by atoms with Crippen LogP contribution in [-0.2, 0) is 6.54 Å². The van der Waals surface area contributed by atoms with E-state index in [1.165, 1.54) is 6.42 Å². The fourth-order valence-electron chi connectivity index (χ4n) is 2.83. The maximum Gasteiger partial charge on any atom is 0.405 e. The lowest BCUT2D eigenvalue weighted by atomic mass is 10.0. The van der Waals surface area contributed by atoms with E-state index >= 15 is 0 Å². The molecule has 0 bridgehead atoms. The summed E-state index contributed by atoms with van der Waals surface area (Å²) in [6.45, 7) is 7.21. The zero-order chi connectivity index (χ0) is 14.7. The first-order valence-corrected chi connectivity index (χ1v) is 7.15. The lowest BCUT2D eigenvalue weighted by molar-refractivity contribution is 0.185. The first kappa shape index (κ1) is 14.8. The van der Waals surface area contributed by atoms with Crippen molar-refractivity contribution in [2.45, 2.75) is 32.9 Å². The number of carboxylic acid groups (broad SMARTS) is 1. The van der Waals surface area contributed by atoms with Gasteiger partial charge in [-0.2, -0.15) is 0 Å². The van der Waals surface area contributed by atoms with Crippen LogP contribution in [0.2, 0.25) is 0 Å².